The Morgan fingerprint density at radius 1 is 1.32 bits per heavy atom. The van der Waals surface area contributed by atoms with E-state index < -0.39 is 29.4 Å². The Hall–Kier alpha value is -3.10. The van der Waals surface area contributed by atoms with Gasteiger partial charge in [-0.2, -0.15) is 4.68 Å². The van der Waals surface area contributed by atoms with Crippen molar-refractivity contribution in [2.24, 2.45) is 0 Å². The first-order valence-corrected chi connectivity index (χ1v) is 6.43. The van der Waals surface area contributed by atoms with Crippen LogP contribution in [-0.2, 0) is 9.59 Å². The number of nitrogens with zero attached hydrogens (tertiary/aromatic N) is 3. The number of rotatable bonds is 2. The molecule has 1 saturated heterocycles. The molecule has 0 bridgehead atoms. The summed E-state index contributed by atoms with van der Waals surface area (Å²) in [4.78, 5) is 46.2. The number of benzene rings is 1. The topological polar surface area (TPSA) is 131 Å². The number of carboxylic acids is 1. The van der Waals surface area contributed by atoms with Crippen LogP contribution in [0.4, 0.5) is 0 Å². The summed E-state index contributed by atoms with van der Waals surface area (Å²) >= 11 is 0. The van der Waals surface area contributed by atoms with E-state index in [9.17, 15) is 19.2 Å². The Bertz CT molecular complexity index is 872. The van der Waals surface area contributed by atoms with Crippen LogP contribution in [-0.4, -0.2) is 37.9 Å². The molecule has 1 unspecified atom stereocenters. The summed E-state index contributed by atoms with van der Waals surface area (Å²) in [7, 11) is 0. The number of carbonyl (C=O) groups is 3. The van der Waals surface area contributed by atoms with Crippen LogP contribution >= 0.6 is 0 Å². The number of hydrogen-bond donors (Lipinski definition) is 2. The summed E-state index contributed by atoms with van der Waals surface area (Å²) in [5, 5.41) is 18.7. The average Bonchev–Trinajstić information content (AvgIpc) is 2.48. The van der Waals surface area contributed by atoms with E-state index in [0.717, 1.165) is 4.68 Å². The van der Waals surface area contributed by atoms with Crippen LogP contribution in [0.5, 0.6) is 0 Å². The highest BCUT2D eigenvalue weighted by atomic mass is 16.4. The lowest BCUT2D eigenvalue weighted by molar-refractivity contribution is -0.136. The minimum Gasteiger partial charge on any atom is -0.478 e. The highest BCUT2D eigenvalue weighted by molar-refractivity contribution is 5.99. The number of carbonyl (C=O) groups excluding carboxylic acids is 2. The molecule has 1 fully saturated rings. The third kappa shape index (κ3) is 2.22. The molecule has 1 aromatic carbocycles. The molecule has 0 radical (unpaired) electrons. The minimum atomic E-state index is -1.14. The number of aromatic carboxylic acids is 1. The van der Waals surface area contributed by atoms with Crippen molar-refractivity contribution in [3.8, 4) is 0 Å². The number of aromatic nitrogens is 3. The van der Waals surface area contributed by atoms with E-state index in [1.54, 1.807) is 0 Å². The molecule has 2 aromatic rings. The molecule has 1 aliphatic heterocycles. The first-order chi connectivity index (χ1) is 10.5. The Balaban J connectivity index is 2.09. The molecule has 3 rings (SSSR count). The normalized spacial score (nSPS) is 18.3. The van der Waals surface area contributed by atoms with E-state index in [0.29, 0.717) is 0 Å². The first kappa shape index (κ1) is 13.9. The molecule has 9 nitrogen and oxygen atoms in total. The van der Waals surface area contributed by atoms with Crippen LogP contribution in [0.1, 0.15) is 29.2 Å². The number of amides is 2. The zero-order chi connectivity index (χ0) is 15.9. The number of carboxylic acid groups (broad SMARTS) is 1. The quantitative estimate of drug-likeness (QED) is 0.712. The molecule has 1 aromatic heterocycles. The Labute approximate surface area is 122 Å². The smallest absolute Gasteiger partial charge is 0.335 e. The summed E-state index contributed by atoms with van der Waals surface area (Å²) in [5.74, 6) is -2.14. The van der Waals surface area contributed by atoms with Crippen molar-refractivity contribution in [1.82, 2.24) is 20.3 Å². The SMILES string of the molecule is O=C1CCC(n2nnc3cc(C(=O)O)ccc3c2=O)C(=O)N1. The highest BCUT2D eigenvalue weighted by Crippen LogP contribution is 2.17. The van der Waals surface area contributed by atoms with Crippen molar-refractivity contribution in [1.29, 1.82) is 0 Å². The van der Waals surface area contributed by atoms with Crippen LogP contribution in [0.3, 0.4) is 0 Å². The molecule has 0 aliphatic carbocycles. The molecule has 112 valence electrons. The molecular formula is C13H10N4O5. The summed E-state index contributed by atoms with van der Waals surface area (Å²) in [6, 6.07) is 2.95. The molecule has 2 amide bonds. The van der Waals surface area contributed by atoms with Gasteiger partial charge in [0.05, 0.1) is 10.9 Å². The van der Waals surface area contributed by atoms with Gasteiger partial charge < -0.3 is 5.11 Å². The number of imide groups is 1. The van der Waals surface area contributed by atoms with Crippen LogP contribution in [0.25, 0.3) is 10.9 Å². The summed E-state index contributed by atoms with van der Waals surface area (Å²) in [5.41, 5.74) is -0.440. The minimum absolute atomic E-state index is 0.0139. The fraction of sp³-hybridized carbons (Fsp3) is 0.231. The van der Waals surface area contributed by atoms with E-state index in [1.165, 1.54) is 18.2 Å². The Morgan fingerprint density at radius 2 is 2.09 bits per heavy atom. The summed E-state index contributed by atoms with van der Waals surface area (Å²) in [6.07, 6.45) is 0.276. The van der Waals surface area contributed by atoms with E-state index in [-0.39, 0.29) is 29.3 Å². The van der Waals surface area contributed by atoms with Gasteiger partial charge >= 0.3 is 5.97 Å². The monoisotopic (exact) mass is 302 g/mol. The zero-order valence-corrected chi connectivity index (χ0v) is 11.1. The molecule has 22 heavy (non-hydrogen) atoms. The molecule has 1 atom stereocenters. The summed E-state index contributed by atoms with van der Waals surface area (Å²) < 4.78 is 0.921. The predicted molar refractivity (Wildman–Crippen MR) is 72.2 cm³/mol. The van der Waals surface area contributed by atoms with Gasteiger partial charge in [-0.15, -0.1) is 5.10 Å². The lowest BCUT2D eigenvalue weighted by Gasteiger charge is -2.21. The van der Waals surface area contributed by atoms with E-state index in [2.05, 4.69) is 15.6 Å². The van der Waals surface area contributed by atoms with Crippen LogP contribution < -0.4 is 10.9 Å². The molecule has 2 heterocycles. The molecule has 0 saturated carbocycles. The van der Waals surface area contributed by atoms with Crippen molar-refractivity contribution >= 4 is 28.7 Å². The molecule has 2 N–H and O–H groups in total. The predicted octanol–water partition coefficient (Wildman–Crippen LogP) is -0.533. The van der Waals surface area contributed by atoms with Gasteiger partial charge in [0.25, 0.3) is 11.5 Å². The number of nitrogens with one attached hydrogen (secondary N) is 1. The van der Waals surface area contributed by atoms with Gasteiger partial charge in [-0.25, -0.2) is 4.79 Å². The van der Waals surface area contributed by atoms with Crippen molar-refractivity contribution in [3.05, 3.63) is 34.1 Å². The van der Waals surface area contributed by atoms with Gasteiger partial charge in [0.2, 0.25) is 5.91 Å². The van der Waals surface area contributed by atoms with Gasteiger partial charge in [-0.05, 0) is 24.6 Å². The van der Waals surface area contributed by atoms with Gasteiger partial charge in [-0.3, -0.25) is 19.7 Å². The number of hydrogen-bond acceptors (Lipinski definition) is 6. The maximum Gasteiger partial charge on any atom is 0.335 e. The second-order valence-corrected chi connectivity index (χ2v) is 4.84. The number of fused-ring (bicyclic) bond motifs is 1. The van der Waals surface area contributed by atoms with E-state index in [1.807, 2.05) is 0 Å². The van der Waals surface area contributed by atoms with Gasteiger partial charge in [0, 0.05) is 6.42 Å². The van der Waals surface area contributed by atoms with Gasteiger partial charge in [0.15, 0.2) is 0 Å². The third-order valence-electron chi connectivity index (χ3n) is 3.44. The molecule has 9 heteroatoms. The van der Waals surface area contributed by atoms with Crippen molar-refractivity contribution in [2.75, 3.05) is 0 Å². The van der Waals surface area contributed by atoms with Gasteiger partial charge in [0.1, 0.15) is 11.6 Å². The molecular weight excluding hydrogens is 292 g/mol. The molecule has 1 aliphatic rings. The van der Waals surface area contributed by atoms with E-state index >= 15 is 0 Å². The Kier molecular flexibility index (Phi) is 3.17. The van der Waals surface area contributed by atoms with Crippen molar-refractivity contribution in [2.45, 2.75) is 18.9 Å². The average molecular weight is 302 g/mol. The van der Waals surface area contributed by atoms with Gasteiger partial charge in [-0.1, -0.05) is 5.21 Å². The number of piperidine rings is 1. The van der Waals surface area contributed by atoms with Crippen LogP contribution in [0, 0.1) is 0 Å². The fourth-order valence-corrected chi connectivity index (χ4v) is 2.31. The largest absolute Gasteiger partial charge is 0.478 e. The molecule has 0 spiro atoms. The lowest BCUT2D eigenvalue weighted by Crippen LogP contribution is -2.45. The lowest BCUT2D eigenvalue weighted by atomic mass is 10.1. The van der Waals surface area contributed by atoms with E-state index in [4.69, 9.17) is 5.11 Å². The standard InChI is InChI=1S/C13H10N4O5/c18-10-4-3-9(11(19)14-10)17-12(20)7-2-1-6(13(21)22)5-8(7)15-16-17/h1-2,5,9H,3-4H2,(H,21,22)(H,14,18,19). The summed E-state index contributed by atoms with van der Waals surface area (Å²) in [6.45, 7) is 0. The highest BCUT2D eigenvalue weighted by Gasteiger charge is 2.30. The second-order valence-electron chi connectivity index (χ2n) is 4.84. The fourth-order valence-electron chi connectivity index (χ4n) is 2.31. The maximum absolute atomic E-state index is 12.4. The second kappa shape index (κ2) is 5.02. The van der Waals surface area contributed by atoms with Crippen molar-refractivity contribution in [3.63, 3.8) is 0 Å². The first-order valence-electron chi connectivity index (χ1n) is 6.43. The Morgan fingerprint density at radius 3 is 2.77 bits per heavy atom. The van der Waals surface area contributed by atoms with Crippen LogP contribution in [0.15, 0.2) is 23.0 Å². The van der Waals surface area contributed by atoms with Crippen LogP contribution in [0.2, 0.25) is 0 Å². The van der Waals surface area contributed by atoms with Crippen molar-refractivity contribution < 1.29 is 19.5 Å². The maximum atomic E-state index is 12.4. The third-order valence-corrected chi connectivity index (χ3v) is 3.44. The zero-order valence-electron chi connectivity index (χ0n) is 11.1.